The highest BCUT2D eigenvalue weighted by atomic mass is 127. The van der Waals surface area contributed by atoms with Crippen LogP contribution in [0.5, 0.6) is 0 Å². The number of aliphatic imine (C=N–C) groups is 1. The van der Waals surface area contributed by atoms with Crippen LogP contribution in [-0.2, 0) is 20.1 Å². The summed E-state index contributed by atoms with van der Waals surface area (Å²) in [4.78, 5) is 8.90. The van der Waals surface area contributed by atoms with Crippen LogP contribution < -0.4 is 10.6 Å². The number of nitrogens with zero attached hydrogens (tertiary/aromatic N) is 4. The maximum Gasteiger partial charge on any atom is 0.196 e. The van der Waals surface area contributed by atoms with Crippen LogP contribution in [0.25, 0.3) is 0 Å². The first-order valence-corrected chi connectivity index (χ1v) is 8.19. The van der Waals surface area contributed by atoms with Crippen LogP contribution in [0.2, 0.25) is 0 Å². The van der Waals surface area contributed by atoms with Crippen molar-refractivity contribution in [2.75, 3.05) is 5.32 Å². The summed E-state index contributed by atoms with van der Waals surface area (Å²) in [5.74, 6) is 1.42. The van der Waals surface area contributed by atoms with Gasteiger partial charge in [-0.15, -0.1) is 24.0 Å². The minimum atomic E-state index is 0. The smallest absolute Gasteiger partial charge is 0.196 e. The minimum Gasteiger partial charge on any atom is -0.349 e. The molecule has 2 N–H and O–H groups in total. The Balaban J connectivity index is 0.00000243. The SMILES string of the molecule is Cc1ccc(CN=C(NCc2ncn(C)n2)Nc2ccccc2)cc1.I. The molecule has 0 saturated heterocycles. The summed E-state index contributed by atoms with van der Waals surface area (Å²) < 4.78 is 1.69. The lowest BCUT2D eigenvalue weighted by molar-refractivity contribution is 0.728. The van der Waals surface area contributed by atoms with Gasteiger partial charge in [-0.3, -0.25) is 4.68 Å². The van der Waals surface area contributed by atoms with Gasteiger partial charge in [-0.2, -0.15) is 5.10 Å². The van der Waals surface area contributed by atoms with Gasteiger partial charge >= 0.3 is 0 Å². The molecule has 1 aromatic heterocycles. The van der Waals surface area contributed by atoms with Crippen molar-refractivity contribution >= 4 is 35.6 Å². The van der Waals surface area contributed by atoms with Crippen LogP contribution in [-0.4, -0.2) is 20.7 Å². The number of aromatic nitrogens is 3. The van der Waals surface area contributed by atoms with Crippen LogP contribution in [0.1, 0.15) is 17.0 Å². The van der Waals surface area contributed by atoms with E-state index in [0.29, 0.717) is 19.0 Å². The van der Waals surface area contributed by atoms with E-state index in [2.05, 4.69) is 56.9 Å². The molecule has 0 spiro atoms. The third kappa shape index (κ3) is 6.14. The fourth-order valence-corrected chi connectivity index (χ4v) is 2.29. The van der Waals surface area contributed by atoms with Crippen molar-refractivity contribution in [3.05, 3.63) is 77.9 Å². The molecule has 2 aromatic carbocycles. The summed E-state index contributed by atoms with van der Waals surface area (Å²) in [6.07, 6.45) is 1.69. The summed E-state index contributed by atoms with van der Waals surface area (Å²) in [6.45, 7) is 3.18. The molecule has 1 heterocycles. The molecule has 26 heavy (non-hydrogen) atoms. The van der Waals surface area contributed by atoms with E-state index in [1.807, 2.05) is 37.4 Å². The third-order valence-electron chi connectivity index (χ3n) is 3.64. The zero-order valence-electron chi connectivity index (χ0n) is 14.9. The molecule has 0 aliphatic heterocycles. The first kappa shape index (κ1) is 19.9. The quantitative estimate of drug-likeness (QED) is 0.346. The van der Waals surface area contributed by atoms with Crippen molar-refractivity contribution < 1.29 is 0 Å². The van der Waals surface area contributed by atoms with E-state index < -0.39 is 0 Å². The van der Waals surface area contributed by atoms with Crippen molar-refractivity contribution in [2.24, 2.45) is 12.0 Å². The van der Waals surface area contributed by atoms with Crippen molar-refractivity contribution in [3.63, 3.8) is 0 Å². The maximum absolute atomic E-state index is 4.67. The normalized spacial score (nSPS) is 10.9. The van der Waals surface area contributed by atoms with E-state index in [1.54, 1.807) is 11.0 Å². The highest BCUT2D eigenvalue weighted by Crippen LogP contribution is 2.07. The molecule has 0 fully saturated rings. The maximum atomic E-state index is 4.67. The molecule has 0 aliphatic carbocycles. The number of halogens is 1. The molecule has 136 valence electrons. The van der Waals surface area contributed by atoms with Gasteiger partial charge in [0, 0.05) is 12.7 Å². The Labute approximate surface area is 170 Å². The Morgan fingerprint density at radius 1 is 1.08 bits per heavy atom. The van der Waals surface area contributed by atoms with Gasteiger partial charge in [0.2, 0.25) is 0 Å². The van der Waals surface area contributed by atoms with Gasteiger partial charge in [-0.1, -0.05) is 48.0 Å². The average Bonchev–Trinajstić information content (AvgIpc) is 3.05. The van der Waals surface area contributed by atoms with Crippen LogP contribution in [0.3, 0.4) is 0 Å². The first-order chi connectivity index (χ1) is 12.2. The predicted molar refractivity (Wildman–Crippen MR) is 116 cm³/mol. The molecule has 6 nitrogen and oxygen atoms in total. The second kappa shape index (κ2) is 9.91. The monoisotopic (exact) mass is 462 g/mol. The van der Waals surface area contributed by atoms with E-state index in [-0.39, 0.29) is 24.0 Å². The molecule has 7 heteroatoms. The zero-order valence-corrected chi connectivity index (χ0v) is 17.2. The minimum absolute atomic E-state index is 0. The Morgan fingerprint density at radius 3 is 2.46 bits per heavy atom. The first-order valence-electron chi connectivity index (χ1n) is 8.19. The molecule has 0 saturated carbocycles. The predicted octanol–water partition coefficient (Wildman–Crippen LogP) is 3.50. The number of rotatable bonds is 5. The van der Waals surface area contributed by atoms with Gasteiger partial charge in [0.1, 0.15) is 6.33 Å². The van der Waals surface area contributed by atoms with Crippen LogP contribution >= 0.6 is 24.0 Å². The van der Waals surface area contributed by atoms with Crippen molar-refractivity contribution in [1.29, 1.82) is 0 Å². The van der Waals surface area contributed by atoms with Crippen LogP contribution in [0, 0.1) is 6.92 Å². The second-order valence-corrected chi connectivity index (χ2v) is 5.83. The summed E-state index contributed by atoms with van der Waals surface area (Å²) >= 11 is 0. The number of nitrogens with one attached hydrogen (secondary N) is 2. The lowest BCUT2D eigenvalue weighted by Gasteiger charge is -2.11. The Morgan fingerprint density at radius 2 is 1.81 bits per heavy atom. The molecule has 0 amide bonds. The zero-order chi connectivity index (χ0) is 17.5. The fourth-order valence-electron chi connectivity index (χ4n) is 2.29. The van der Waals surface area contributed by atoms with Crippen molar-refractivity contribution in [2.45, 2.75) is 20.0 Å². The molecule has 0 atom stereocenters. The number of aryl methyl sites for hydroxylation is 2. The largest absolute Gasteiger partial charge is 0.349 e. The van der Waals surface area contributed by atoms with Gasteiger partial charge < -0.3 is 10.6 Å². The van der Waals surface area contributed by atoms with E-state index in [1.165, 1.54) is 5.56 Å². The molecular weight excluding hydrogens is 439 g/mol. The van der Waals surface area contributed by atoms with Gasteiger partial charge in [0.25, 0.3) is 0 Å². The lowest BCUT2D eigenvalue weighted by atomic mass is 10.1. The van der Waals surface area contributed by atoms with Crippen molar-refractivity contribution in [1.82, 2.24) is 20.1 Å². The van der Waals surface area contributed by atoms with Gasteiger partial charge in [0.05, 0.1) is 13.1 Å². The van der Waals surface area contributed by atoms with Crippen LogP contribution in [0.4, 0.5) is 5.69 Å². The lowest BCUT2D eigenvalue weighted by Crippen LogP contribution is -2.31. The second-order valence-electron chi connectivity index (χ2n) is 5.83. The molecule has 0 bridgehead atoms. The fraction of sp³-hybridized carbons (Fsp3) is 0.211. The molecule has 0 radical (unpaired) electrons. The number of hydrogen-bond acceptors (Lipinski definition) is 3. The molecular formula is C19H23IN6. The summed E-state index contributed by atoms with van der Waals surface area (Å²) in [6, 6.07) is 18.4. The van der Waals surface area contributed by atoms with Crippen LogP contribution in [0.15, 0.2) is 65.9 Å². The molecule has 3 rings (SSSR count). The molecule has 3 aromatic rings. The van der Waals surface area contributed by atoms with E-state index >= 15 is 0 Å². The highest BCUT2D eigenvalue weighted by Gasteiger charge is 2.03. The van der Waals surface area contributed by atoms with E-state index in [4.69, 9.17) is 0 Å². The number of anilines is 1. The highest BCUT2D eigenvalue weighted by molar-refractivity contribution is 14.0. The number of hydrogen-bond donors (Lipinski definition) is 2. The topological polar surface area (TPSA) is 67.1 Å². The summed E-state index contributed by atoms with van der Waals surface area (Å²) in [5.41, 5.74) is 3.39. The Bertz CT molecular complexity index is 827. The van der Waals surface area contributed by atoms with Gasteiger partial charge in [0.15, 0.2) is 11.8 Å². The molecule has 0 aliphatic rings. The standard InChI is InChI=1S/C19H22N6.HI/c1-15-8-10-16(11-9-15)12-20-19(23-17-6-4-3-5-7-17)21-13-18-22-14-25(2)24-18;/h3-11,14H,12-13H2,1-2H3,(H2,20,21,23);1H. The summed E-state index contributed by atoms with van der Waals surface area (Å²) in [7, 11) is 1.85. The molecule has 0 unspecified atom stereocenters. The Hall–Kier alpha value is -2.42. The van der Waals surface area contributed by atoms with Gasteiger partial charge in [-0.25, -0.2) is 9.98 Å². The number of benzene rings is 2. The number of para-hydroxylation sites is 1. The third-order valence-corrected chi connectivity index (χ3v) is 3.64. The average molecular weight is 462 g/mol. The van der Waals surface area contributed by atoms with E-state index in [9.17, 15) is 0 Å². The summed E-state index contributed by atoms with van der Waals surface area (Å²) in [5, 5.41) is 10.9. The van der Waals surface area contributed by atoms with Gasteiger partial charge in [-0.05, 0) is 24.6 Å². The Kier molecular flexibility index (Phi) is 7.58. The van der Waals surface area contributed by atoms with E-state index in [0.717, 1.165) is 17.1 Å². The number of guanidine groups is 1. The van der Waals surface area contributed by atoms with Crippen molar-refractivity contribution in [3.8, 4) is 0 Å².